The van der Waals surface area contributed by atoms with Crippen molar-refractivity contribution in [3.63, 3.8) is 0 Å². The van der Waals surface area contributed by atoms with E-state index in [-0.39, 0.29) is 0 Å². The number of aryl methyl sites for hydroxylation is 1. The first-order valence-corrected chi connectivity index (χ1v) is 5.30. The zero-order valence-corrected chi connectivity index (χ0v) is 9.58. The number of rotatable bonds is 2. The first kappa shape index (κ1) is 10.5. The maximum Gasteiger partial charge on any atom is 0.260 e. The largest absolute Gasteiger partial charge is 0.398 e. The first-order valence-electron chi connectivity index (χ1n) is 5.30. The van der Waals surface area contributed by atoms with Crippen molar-refractivity contribution in [2.24, 2.45) is 0 Å². The second kappa shape index (κ2) is 3.95. The zero-order valence-electron chi connectivity index (χ0n) is 9.58. The Morgan fingerprint density at radius 1 is 1.33 bits per heavy atom. The third-order valence-corrected chi connectivity index (χ3v) is 2.51. The van der Waals surface area contributed by atoms with Crippen molar-refractivity contribution >= 4 is 5.69 Å². The summed E-state index contributed by atoms with van der Waals surface area (Å²) in [4.78, 5) is 4.24. The fourth-order valence-electron chi connectivity index (χ4n) is 1.60. The number of anilines is 1. The molecular weight excluding hydrogens is 232 g/mol. The minimum Gasteiger partial charge on any atom is -0.398 e. The van der Waals surface area contributed by atoms with Gasteiger partial charge in [-0.2, -0.15) is 20.4 Å². The highest BCUT2D eigenvalue weighted by molar-refractivity contribution is 5.71. The van der Waals surface area contributed by atoms with Crippen LogP contribution in [0.25, 0.3) is 23.0 Å². The van der Waals surface area contributed by atoms with E-state index in [1.165, 1.54) is 6.20 Å². The standard InChI is InChI=1S/C11H10N6O/c1-6-2-3-8(12)7(4-6)11-14-10(16-18-11)9-5-13-17-15-9/h2-5H,12H2,1H3,(H,13,15,17). The Kier molecular flexibility index (Phi) is 2.30. The summed E-state index contributed by atoms with van der Waals surface area (Å²) in [5.74, 6) is 0.744. The molecule has 0 aliphatic carbocycles. The number of nitrogens with zero attached hydrogens (tertiary/aromatic N) is 4. The van der Waals surface area contributed by atoms with Crippen LogP contribution in [-0.2, 0) is 0 Å². The van der Waals surface area contributed by atoms with Crippen LogP contribution in [0.15, 0.2) is 28.9 Å². The molecule has 0 amide bonds. The number of nitrogens with two attached hydrogens (primary N) is 1. The van der Waals surface area contributed by atoms with Gasteiger partial charge in [0.15, 0.2) is 5.69 Å². The van der Waals surface area contributed by atoms with Crippen molar-refractivity contribution in [2.75, 3.05) is 5.73 Å². The molecule has 1 aromatic carbocycles. The number of aromatic nitrogens is 5. The average molecular weight is 242 g/mol. The Morgan fingerprint density at radius 3 is 3.00 bits per heavy atom. The minimum atomic E-state index is 0.370. The number of hydrogen-bond donors (Lipinski definition) is 2. The van der Waals surface area contributed by atoms with Crippen LogP contribution in [0.3, 0.4) is 0 Å². The van der Waals surface area contributed by atoms with Crippen LogP contribution in [0, 0.1) is 6.92 Å². The van der Waals surface area contributed by atoms with Gasteiger partial charge in [-0.1, -0.05) is 16.8 Å². The molecule has 0 atom stereocenters. The molecule has 2 aromatic heterocycles. The van der Waals surface area contributed by atoms with Crippen molar-refractivity contribution in [3.8, 4) is 23.0 Å². The number of benzene rings is 1. The van der Waals surface area contributed by atoms with Gasteiger partial charge in [-0.3, -0.25) is 0 Å². The molecule has 7 nitrogen and oxygen atoms in total. The molecule has 0 aliphatic rings. The molecule has 3 N–H and O–H groups in total. The van der Waals surface area contributed by atoms with Crippen molar-refractivity contribution in [3.05, 3.63) is 30.0 Å². The maximum atomic E-state index is 5.89. The van der Waals surface area contributed by atoms with Crippen molar-refractivity contribution in [2.45, 2.75) is 6.92 Å². The van der Waals surface area contributed by atoms with Crippen molar-refractivity contribution < 1.29 is 4.52 Å². The quantitative estimate of drug-likeness (QED) is 0.658. The van der Waals surface area contributed by atoms with Crippen LogP contribution in [0.5, 0.6) is 0 Å². The molecule has 0 bridgehead atoms. The van der Waals surface area contributed by atoms with Gasteiger partial charge in [0.1, 0.15) is 0 Å². The highest BCUT2D eigenvalue weighted by Crippen LogP contribution is 2.26. The molecule has 7 heteroatoms. The molecule has 3 aromatic rings. The van der Waals surface area contributed by atoms with Gasteiger partial charge < -0.3 is 10.3 Å². The van der Waals surface area contributed by atoms with Gasteiger partial charge in [0, 0.05) is 5.69 Å². The number of aromatic amines is 1. The predicted molar refractivity (Wildman–Crippen MR) is 64.3 cm³/mol. The third kappa shape index (κ3) is 1.71. The van der Waals surface area contributed by atoms with E-state index in [1.54, 1.807) is 0 Å². The predicted octanol–water partition coefficient (Wildman–Crippen LogP) is 1.41. The third-order valence-electron chi connectivity index (χ3n) is 2.51. The normalized spacial score (nSPS) is 10.7. The Labute approximate surface area is 102 Å². The summed E-state index contributed by atoms with van der Waals surface area (Å²) in [5, 5.41) is 13.9. The van der Waals surface area contributed by atoms with Gasteiger partial charge in [-0.15, -0.1) is 0 Å². The summed E-state index contributed by atoms with van der Waals surface area (Å²) in [6.07, 6.45) is 1.52. The topological polar surface area (TPSA) is 107 Å². The minimum absolute atomic E-state index is 0.370. The fourth-order valence-corrected chi connectivity index (χ4v) is 1.60. The zero-order chi connectivity index (χ0) is 12.5. The summed E-state index contributed by atoms with van der Waals surface area (Å²) in [5.41, 5.74) is 8.79. The summed E-state index contributed by atoms with van der Waals surface area (Å²) in [6.45, 7) is 1.97. The van der Waals surface area contributed by atoms with Gasteiger partial charge >= 0.3 is 0 Å². The average Bonchev–Trinajstić information content (AvgIpc) is 3.00. The Bertz CT molecular complexity index is 673. The van der Waals surface area contributed by atoms with E-state index in [4.69, 9.17) is 10.3 Å². The first-order chi connectivity index (χ1) is 8.74. The molecule has 3 rings (SSSR count). The highest BCUT2D eigenvalue weighted by atomic mass is 16.5. The van der Waals surface area contributed by atoms with E-state index in [0.29, 0.717) is 23.1 Å². The summed E-state index contributed by atoms with van der Waals surface area (Å²) < 4.78 is 5.19. The lowest BCUT2D eigenvalue weighted by Crippen LogP contribution is -1.91. The summed E-state index contributed by atoms with van der Waals surface area (Å²) in [6, 6.07) is 5.63. The lowest BCUT2D eigenvalue weighted by molar-refractivity contribution is 0.432. The van der Waals surface area contributed by atoms with E-state index in [9.17, 15) is 0 Å². The van der Waals surface area contributed by atoms with Crippen LogP contribution in [0.1, 0.15) is 5.56 Å². The molecule has 0 saturated carbocycles. The molecule has 18 heavy (non-hydrogen) atoms. The number of nitrogen functional groups attached to an aromatic ring is 1. The van der Waals surface area contributed by atoms with Crippen molar-refractivity contribution in [1.82, 2.24) is 25.6 Å². The van der Waals surface area contributed by atoms with Crippen molar-refractivity contribution in [1.29, 1.82) is 0 Å². The van der Waals surface area contributed by atoms with Crippen LogP contribution in [0.2, 0.25) is 0 Å². The SMILES string of the molecule is Cc1ccc(N)c(-c2nc(-c3cn[nH]n3)no2)c1. The van der Waals surface area contributed by atoms with E-state index >= 15 is 0 Å². The van der Waals surface area contributed by atoms with Gasteiger partial charge in [-0.25, -0.2) is 0 Å². The Balaban J connectivity index is 2.05. The molecule has 2 heterocycles. The number of hydrogen-bond acceptors (Lipinski definition) is 6. The second-order valence-electron chi connectivity index (χ2n) is 3.87. The molecule has 0 unspecified atom stereocenters. The van der Waals surface area contributed by atoms with Crippen LogP contribution in [-0.4, -0.2) is 25.6 Å². The molecule has 90 valence electrons. The van der Waals surface area contributed by atoms with Crippen LogP contribution in [0.4, 0.5) is 5.69 Å². The maximum absolute atomic E-state index is 5.89. The summed E-state index contributed by atoms with van der Waals surface area (Å²) >= 11 is 0. The highest BCUT2D eigenvalue weighted by Gasteiger charge is 2.14. The van der Waals surface area contributed by atoms with Gasteiger partial charge in [0.05, 0.1) is 11.8 Å². The molecular formula is C11H10N6O. The number of nitrogens with one attached hydrogen (secondary N) is 1. The van der Waals surface area contributed by atoms with Gasteiger partial charge in [0.25, 0.3) is 5.89 Å². The van der Waals surface area contributed by atoms with Crippen LogP contribution >= 0.6 is 0 Å². The monoisotopic (exact) mass is 242 g/mol. The van der Waals surface area contributed by atoms with E-state index in [1.807, 2.05) is 25.1 Å². The molecule has 0 radical (unpaired) electrons. The van der Waals surface area contributed by atoms with E-state index in [2.05, 4.69) is 25.6 Å². The van der Waals surface area contributed by atoms with Gasteiger partial charge in [-0.05, 0) is 19.1 Å². The molecule has 0 saturated heterocycles. The van der Waals surface area contributed by atoms with E-state index in [0.717, 1.165) is 11.1 Å². The van der Waals surface area contributed by atoms with Crippen LogP contribution < -0.4 is 5.73 Å². The lowest BCUT2D eigenvalue weighted by atomic mass is 10.1. The molecule has 0 spiro atoms. The smallest absolute Gasteiger partial charge is 0.260 e. The lowest BCUT2D eigenvalue weighted by Gasteiger charge is -2.01. The molecule has 0 aliphatic heterocycles. The number of H-pyrrole nitrogens is 1. The van der Waals surface area contributed by atoms with E-state index < -0.39 is 0 Å². The summed E-state index contributed by atoms with van der Waals surface area (Å²) in [7, 11) is 0. The van der Waals surface area contributed by atoms with Gasteiger partial charge in [0.2, 0.25) is 5.82 Å². The molecule has 0 fully saturated rings. The fraction of sp³-hybridized carbons (Fsp3) is 0.0909. The second-order valence-corrected chi connectivity index (χ2v) is 3.87. The Morgan fingerprint density at radius 2 is 2.22 bits per heavy atom. The Hall–Kier alpha value is -2.70.